The third kappa shape index (κ3) is 2.67. The van der Waals surface area contributed by atoms with Crippen LogP contribution < -0.4 is 5.69 Å². The lowest BCUT2D eigenvalue weighted by Gasteiger charge is -2.23. The van der Waals surface area contributed by atoms with Crippen LogP contribution >= 0.6 is 12.3 Å². The minimum absolute atomic E-state index is 0.0463. The van der Waals surface area contributed by atoms with Gasteiger partial charge in [0.05, 0.1) is 24.1 Å². The van der Waals surface area contributed by atoms with Gasteiger partial charge in [0.1, 0.15) is 5.52 Å². The maximum Gasteiger partial charge on any atom is 0.342 e. The van der Waals surface area contributed by atoms with Gasteiger partial charge in [0.25, 0.3) is 0 Å². The van der Waals surface area contributed by atoms with Crippen LogP contribution in [0.4, 0.5) is 3.89 Å². The Hall–Kier alpha value is -2.59. The molecule has 5 rings (SSSR count). The number of fused-ring (bicyclic) bond motifs is 2. The average molecular weight is 402 g/mol. The number of nitrogens with zero attached hydrogens (tertiary/aromatic N) is 6. The number of aromatic nitrogens is 5. The number of hydrogen-bond acceptors (Lipinski definition) is 6. The monoisotopic (exact) mass is 402 g/mol. The number of rotatable bonds is 3. The molecule has 0 unspecified atom stereocenters. The second-order valence-corrected chi connectivity index (χ2v) is 7.56. The standard InChI is InChI=1S/C18H19FN6O2S/c1-22-6-7-23-16(11-22)13(10-20-23)14-2-3-15-17(21-14)24(18(26)25(15)28-19)12-4-8-27-9-5-12/h2-3,6-7,10,12H,4-5,8-9,11H2,1H3. The van der Waals surface area contributed by atoms with E-state index in [-0.39, 0.29) is 18.4 Å². The molecule has 5 heterocycles. The van der Waals surface area contributed by atoms with E-state index in [1.807, 2.05) is 30.2 Å². The van der Waals surface area contributed by atoms with Crippen molar-refractivity contribution in [2.45, 2.75) is 25.4 Å². The summed E-state index contributed by atoms with van der Waals surface area (Å²) in [6, 6.07) is 3.53. The van der Waals surface area contributed by atoms with E-state index in [4.69, 9.17) is 9.72 Å². The summed E-state index contributed by atoms with van der Waals surface area (Å²) in [5, 5.41) is 4.41. The van der Waals surface area contributed by atoms with E-state index >= 15 is 0 Å². The molecular formula is C18H19FN6O2S. The minimum atomic E-state index is -0.390. The van der Waals surface area contributed by atoms with Crippen molar-refractivity contribution in [1.29, 1.82) is 0 Å². The second kappa shape index (κ2) is 6.78. The van der Waals surface area contributed by atoms with E-state index in [2.05, 4.69) is 10.00 Å². The van der Waals surface area contributed by atoms with Crippen LogP contribution in [0, 0.1) is 0 Å². The Kier molecular flexibility index (Phi) is 4.24. The Morgan fingerprint density at radius 1 is 1.25 bits per heavy atom. The first-order chi connectivity index (χ1) is 13.7. The average Bonchev–Trinajstić information content (AvgIpc) is 3.25. The van der Waals surface area contributed by atoms with Crippen LogP contribution in [0.15, 0.2) is 29.3 Å². The number of imidazole rings is 1. The Morgan fingerprint density at radius 2 is 2.07 bits per heavy atom. The van der Waals surface area contributed by atoms with Crippen LogP contribution in [0.3, 0.4) is 0 Å². The van der Waals surface area contributed by atoms with Gasteiger partial charge in [0.2, 0.25) is 0 Å². The Bertz CT molecular complexity index is 1130. The van der Waals surface area contributed by atoms with E-state index in [0.717, 1.165) is 20.9 Å². The highest BCUT2D eigenvalue weighted by molar-refractivity contribution is 7.92. The zero-order valence-corrected chi connectivity index (χ0v) is 16.1. The largest absolute Gasteiger partial charge is 0.381 e. The molecule has 8 nitrogen and oxygen atoms in total. The van der Waals surface area contributed by atoms with Gasteiger partial charge in [-0.15, -0.1) is 3.89 Å². The second-order valence-electron chi connectivity index (χ2n) is 7.06. The van der Waals surface area contributed by atoms with Crippen LogP contribution in [0.1, 0.15) is 24.6 Å². The van der Waals surface area contributed by atoms with Gasteiger partial charge >= 0.3 is 5.69 Å². The van der Waals surface area contributed by atoms with E-state index in [9.17, 15) is 8.68 Å². The molecule has 2 aliphatic heterocycles. The SMILES string of the molecule is CN1C=Cn2ncc(-c3ccc4c(n3)n(C3CCOCC3)c(=O)n4SF)c2C1. The summed E-state index contributed by atoms with van der Waals surface area (Å²) in [5.74, 6) is 0. The highest BCUT2D eigenvalue weighted by Crippen LogP contribution is 2.30. The molecule has 28 heavy (non-hydrogen) atoms. The van der Waals surface area contributed by atoms with Crippen molar-refractivity contribution in [3.8, 4) is 11.3 Å². The number of hydrogen-bond donors (Lipinski definition) is 0. The predicted octanol–water partition coefficient (Wildman–Crippen LogP) is 2.67. The molecule has 3 aromatic rings. The van der Waals surface area contributed by atoms with Crippen molar-refractivity contribution >= 4 is 29.7 Å². The van der Waals surface area contributed by atoms with Gasteiger partial charge in [-0.3, -0.25) is 4.57 Å². The minimum Gasteiger partial charge on any atom is -0.381 e. The normalized spacial score (nSPS) is 17.4. The first-order valence-electron chi connectivity index (χ1n) is 9.13. The maximum absolute atomic E-state index is 13.5. The van der Waals surface area contributed by atoms with Crippen molar-refractivity contribution < 1.29 is 8.62 Å². The molecule has 3 aromatic heterocycles. The Morgan fingerprint density at radius 3 is 2.86 bits per heavy atom. The molecule has 0 atom stereocenters. The first-order valence-corrected chi connectivity index (χ1v) is 9.81. The van der Waals surface area contributed by atoms with Gasteiger partial charge < -0.3 is 9.64 Å². The third-order valence-electron chi connectivity index (χ3n) is 5.34. The molecule has 146 valence electrons. The molecule has 1 fully saturated rings. The molecular weight excluding hydrogens is 383 g/mol. The molecule has 2 aliphatic rings. The number of pyridine rings is 1. The molecule has 0 saturated carbocycles. The van der Waals surface area contributed by atoms with Crippen molar-refractivity contribution in [3.63, 3.8) is 0 Å². The van der Waals surface area contributed by atoms with Crippen LogP contribution in [0.25, 0.3) is 28.6 Å². The Balaban J connectivity index is 1.68. The van der Waals surface area contributed by atoms with Gasteiger partial charge in [-0.25, -0.2) is 18.4 Å². The summed E-state index contributed by atoms with van der Waals surface area (Å²) in [6.07, 6.45) is 7.06. The quantitative estimate of drug-likeness (QED) is 0.671. The molecule has 0 N–H and O–H groups in total. The van der Waals surface area contributed by atoms with Gasteiger partial charge in [-0.1, -0.05) is 0 Å². The van der Waals surface area contributed by atoms with Gasteiger partial charge in [0, 0.05) is 44.3 Å². The lowest BCUT2D eigenvalue weighted by Crippen LogP contribution is -2.29. The molecule has 1 saturated heterocycles. The fraction of sp³-hybridized carbons (Fsp3) is 0.389. The van der Waals surface area contributed by atoms with Crippen LogP contribution in [0.5, 0.6) is 0 Å². The van der Waals surface area contributed by atoms with Gasteiger partial charge in [-0.2, -0.15) is 5.10 Å². The highest BCUT2D eigenvalue weighted by atomic mass is 32.2. The van der Waals surface area contributed by atoms with E-state index in [1.165, 1.54) is 0 Å². The molecule has 0 spiro atoms. The van der Waals surface area contributed by atoms with Crippen molar-refractivity contribution in [2.24, 2.45) is 0 Å². The molecule has 10 heteroatoms. The van der Waals surface area contributed by atoms with E-state index < -0.39 is 5.69 Å². The zero-order valence-electron chi connectivity index (χ0n) is 15.3. The summed E-state index contributed by atoms with van der Waals surface area (Å²) in [5.41, 5.74) is 3.24. The van der Waals surface area contributed by atoms with Crippen LogP contribution in [0.2, 0.25) is 0 Å². The summed E-state index contributed by atoms with van der Waals surface area (Å²) >= 11 is -0.0840. The highest BCUT2D eigenvalue weighted by Gasteiger charge is 2.25. The third-order valence-corrected chi connectivity index (χ3v) is 5.83. The topological polar surface area (TPSA) is 70.1 Å². The fourth-order valence-corrected chi connectivity index (χ4v) is 4.27. The van der Waals surface area contributed by atoms with Crippen molar-refractivity contribution in [3.05, 3.63) is 40.7 Å². The Labute approximate surface area is 164 Å². The summed E-state index contributed by atoms with van der Waals surface area (Å²) in [4.78, 5) is 19.7. The summed E-state index contributed by atoms with van der Waals surface area (Å²) in [7, 11) is 1.99. The first kappa shape index (κ1) is 17.5. The van der Waals surface area contributed by atoms with E-state index in [1.54, 1.807) is 16.8 Å². The molecule has 0 amide bonds. The molecule has 0 aliphatic carbocycles. The smallest absolute Gasteiger partial charge is 0.342 e. The van der Waals surface area contributed by atoms with Crippen molar-refractivity contribution in [2.75, 3.05) is 20.3 Å². The molecule has 0 aromatic carbocycles. The molecule has 0 radical (unpaired) electrons. The summed E-state index contributed by atoms with van der Waals surface area (Å²) in [6.45, 7) is 1.88. The van der Waals surface area contributed by atoms with Gasteiger partial charge in [0.15, 0.2) is 18.0 Å². The lowest BCUT2D eigenvalue weighted by molar-refractivity contribution is 0.0696. The lowest BCUT2D eigenvalue weighted by atomic mass is 10.1. The number of halogens is 1. The van der Waals surface area contributed by atoms with E-state index in [0.29, 0.717) is 43.8 Å². The van der Waals surface area contributed by atoms with Crippen LogP contribution in [-0.2, 0) is 11.3 Å². The number of ether oxygens (including phenoxy) is 1. The van der Waals surface area contributed by atoms with Crippen LogP contribution in [-0.4, -0.2) is 48.5 Å². The predicted molar refractivity (Wildman–Crippen MR) is 105 cm³/mol. The molecule has 0 bridgehead atoms. The maximum atomic E-state index is 13.5. The summed E-state index contributed by atoms with van der Waals surface area (Å²) < 4.78 is 23.5. The van der Waals surface area contributed by atoms with Crippen molar-refractivity contribution in [1.82, 2.24) is 28.2 Å². The fourth-order valence-electron chi connectivity index (χ4n) is 3.91. The zero-order chi connectivity index (χ0) is 19.3. The van der Waals surface area contributed by atoms with Gasteiger partial charge in [-0.05, 0) is 25.0 Å².